The molecule has 1 rings (SSSR count). The van der Waals surface area contributed by atoms with Gasteiger partial charge in [-0.3, -0.25) is 0 Å². The monoisotopic (exact) mass is 187 g/mol. The third-order valence-corrected chi connectivity index (χ3v) is 1.68. The maximum absolute atomic E-state index is 12.5. The van der Waals surface area contributed by atoms with Crippen molar-refractivity contribution in [1.82, 2.24) is 5.32 Å². The summed E-state index contributed by atoms with van der Waals surface area (Å²) in [6.07, 6.45) is -3.64. The largest absolute Gasteiger partial charge is 0.378 e. The molecule has 0 aliphatic carbocycles. The molecular formula is C6H9F4NO. The third kappa shape index (κ3) is 1.87. The molecule has 0 amide bonds. The van der Waals surface area contributed by atoms with Crippen LogP contribution in [0, 0.1) is 0 Å². The van der Waals surface area contributed by atoms with Crippen LogP contribution in [0.3, 0.4) is 0 Å². The highest BCUT2D eigenvalue weighted by molar-refractivity contribution is 4.87. The smallest absolute Gasteiger partial charge is 0.324 e. The molecule has 0 saturated carbocycles. The second-order valence-corrected chi connectivity index (χ2v) is 2.56. The molecule has 0 aromatic heterocycles. The van der Waals surface area contributed by atoms with Gasteiger partial charge >= 0.3 is 12.3 Å². The van der Waals surface area contributed by atoms with Crippen LogP contribution in [0.4, 0.5) is 17.6 Å². The zero-order valence-electron chi connectivity index (χ0n) is 6.20. The predicted octanol–water partition coefficient (Wildman–Crippen LogP) is 0.875. The van der Waals surface area contributed by atoms with Gasteiger partial charge in [-0.25, -0.2) is 8.78 Å². The minimum Gasteiger partial charge on any atom is -0.378 e. The van der Waals surface area contributed by atoms with Crippen molar-refractivity contribution in [3.63, 3.8) is 0 Å². The molecule has 1 heterocycles. The maximum atomic E-state index is 12.5. The molecule has 72 valence electrons. The Balaban J connectivity index is 2.53. The molecule has 1 fully saturated rings. The molecule has 0 aromatic carbocycles. The Bertz CT molecular complexity index is 146. The number of hydrogen-bond acceptors (Lipinski definition) is 2. The van der Waals surface area contributed by atoms with Crippen molar-refractivity contribution in [2.45, 2.75) is 18.4 Å². The molecule has 2 nitrogen and oxygen atoms in total. The fraction of sp³-hybridized carbons (Fsp3) is 1.00. The molecule has 0 bridgehead atoms. The molecular weight excluding hydrogens is 178 g/mol. The van der Waals surface area contributed by atoms with Crippen molar-refractivity contribution in [3.8, 4) is 0 Å². The van der Waals surface area contributed by atoms with E-state index in [-0.39, 0.29) is 19.8 Å². The van der Waals surface area contributed by atoms with Crippen LogP contribution < -0.4 is 5.32 Å². The summed E-state index contributed by atoms with van der Waals surface area (Å²) in [5.41, 5.74) is 0. The zero-order chi connectivity index (χ0) is 9.19. The lowest BCUT2D eigenvalue weighted by Crippen LogP contribution is -2.55. The molecule has 1 aliphatic rings. The van der Waals surface area contributed by atoms with E-state index in [4.69, 9.17) is 0 Å². The van der Waals surface area contributed by atoms with Crippen LogP contribution in [-0.4, -0.2) is 38.1 Å². The van der Waals surface area contributed by atoms with Crippen LogP contribution in [0.25, 0.3) is 0 Å². The van der Waals surface area contributed by atoms with Crippen molar-refractivity contribution in [2.24, 2.45) is 0 Å². The van der Waals surface area contributed by atoms with E-state index in [1.54, 1.807) is 0 Å². The quantitative estimate of drug-likeness (QED) is 0.648. The van der Waals surface area contributed by atoms with E-state index in [0.717, 1.165) is 0 Å². The summed E-state index contributed by atoms with van der Waals surface area (Å²) in [7, 11) is 0. The van der Waals surface area contributed by atoms with Gasteiger partial charge in [0.05, 0.1) is 13.2 Å². The molecule has 12 heavy (non-hydrogen) atoms. The first-order chi connectivity index (χ1) is 5.55. The van der Waals surface area contributed by atoms with Crippen LogP contribution >= 0.6 is 0 Å². The third-order valence-electron chi connectivity index (χ3n) is 1.68. The average Bonchev–Trinajstić information content (AvgIpc) is 2.06. The van der Waals surface area contributed by atoms with E-state index in [9.17, 15) is 17.6 Å². The number of nitrogens with one attached hydrogen (secondary N) is 1. The summed E-state index contributed by atoms with van der Waals surface area (Å²) in [5, 5.41) is 2.29. The van der Waals surface area contributed by atoms with Crippen molar-refractivity contribution in [1.29, 1.82) is 0 Å². The second kappa shape index (κ2) is 3.57. The number of morpholine rings is 1. The Hall–Kier alpha value is -0.360. The van der Waals surface area contributed by atoms with Gasteiger partial charge in [-0.05, 0) is 0 Å². The van der Waals surface area contributed by atoms with E-state index in [1.165, 1.54) is 0 Å². The van der Waals surface area contributed by atoms with E-state index < -0.39 is 18.4 Å². The SMILES string of the molecule is FC(F)C(F)(F)C1COCCN1. The van der Waals surface area contributed by atoms with Gasteiger partial charge in [0, 0.05) is 6.54 Å². The van der Waals surface area contributed by atoms with Crippen LogP contribution in [0.2, 0.25) is 0 Å². The van der Waals surface area contributed by atoms with Crippen molar-refractivity contribution in [3.05, 3.63) is 0 Å². The predicted molar refractivity (Wildman–Crippen MR) is 33.6 cm³/mol. The Kier molecular flexibility index (Phi) is 2.89. The van der Waals surface area contributed by atoms with E-state index in [0.29, 0.717) is 0 Å². The maximum Gasteiger partial charge on any atom is 0.324 e. The van der Waals surface area contributed by atoms with Crippen molar-refractivity contribution in [2.75, 3.05) is 19.8 Å². The Morgan fingerprint density at radius 3 is 2.50 bits per heavy atom. The fourth-order valence-corrected chi connectivity index (χ4v) is 0.965. The van der Waals surface area contributed by atoms with Gasteiger partial charge in [0.1, 0.15) is 6.04 Å². The summed E-state index contributed by atoms with van der Waals surface area (Å²) in [4.78, 5) is 0. The minimum atomic E-state index is -4.00. The summed E-state index contributed by atoms with van der Waals surface area (Å²) in [6, 6.07) is -1.56. The standard InChI is InChI=1S/C6H9F4NO/c7-5(8)6(9,10)4-3-12-2-1-11-4/h4-5,11H,1-3H2. The lowest BCUT2D eigenvalue weighted by Gasteiger charge is -2.30. The first kappa shape index (κ1) is 9.73. The average molecular weight is 187 g/mol. The van der Waals surface area contributed by atoms with Gasteiger partial charge in [-0.15, -0.1) is 0 Å². The number of hydrogen-bond donors (Lipinski definition) is 1. The van der Waals surface area contributed by atoms with Crippen molar-refractivity contribution >= 4 is 0 Å². The Morgan fingerprint density at radius 1 is 1.42 bits per heavy atom. The van der Waals surface area contributed by atoms with Crippen LogP contribution in [0.1, 0.15) is 0 Å². The van der Waals surface area contributed by atoms with E-state index in [2.05, 4.69) is 10.1 Å². The van der Waals surface area contributed by atoms with Gasteiger partial charge in [0.25, 0.3) is 0 Å². The molecule has 6 heteroatoms. The lowest BCUT2D eigenvalue weighted by molar-refractivity contribution is -0.167. The van der Waals surface area contributed by atoms with E-state index >= 15 is 0 Å². The van der Waals surface area contributed by atoms with Crippen molar-refractivity contribution < 1.29 is 22.3 Å². The lowest BCUT2D eigenvalue weighted by atomic mass is 10.1. The summed E-state index contributed by atoms with van der Waals surface area (Å²) >= 11 is 0. The fourth-order valence-electron chi connectivity index (χ4n) is 0.965. The van der Waals surface area contributed by atoms with Crippen LogP contribution in [0.5, 0.6) is 0 Å². The first-order valence-electron chi connectivity index (χ1n) is 3.52. The zero-order valence-corrected chi connectivity index (χ0v) is 6.20. The van der Waals surface area contributed by atoms with Gasteiger partial charge in [-0.2, -0.15) is 8.78 Å². The highest BCUT2D eigenvalue weighted by Gasteiger charge is 2.49. The van der Waals surface area contributed by atoms with Gasteiger partial charge in [0.2, 0.25) is 0 Å². The number of rotatable bonds is 2. The highest BCUT2D eigenvalue weighted by atomic mass is 19.3. The second-order valence-electron chi connectivity index (χ2n) is 2.56. The highest BCUT2D eigenvalue weighted by Crippen LogP contribution is 2.27. The Morgan fingerprint density at radius 2 is 2.08 bits per heavy atom. The van der Waals surface area contributed by atoms with E-state index in [1.807, 2.05) is 0 Å². The summed E-state index contributed by atoms with van der Waals surface area (Å²) in [5.74, 6) is -4.00. The summed E-state index contributed by atoms with van der Waals surface area (Å²) in [6.45, 7) is 0.111. The Labute approximate surface area is 66.9 Å². The van der Waals surface area contributed by atoms with Gasteiger partial charge < -0.3 is 10.1 Å². The molecule has 1 atom stereocenters. The number of halogens is 4. The first-order valence-corrected chi connectivity index (χ1v) is 3.52. The summed E-state index contributed by atoms with van der Waals surface area (Å²) < 4.78 is 53.2. The van der Waals surface area contributed by atoms with Gasteiger partial charge in [0.15, 0.2) is 0 Å². The minimum absolute atomic E-state index is 0.187. The number of alkyl halides is 4. The van der Waals surface area contributed by atoms with Gasteiger partial charge in [-0.1, -0.05) is 0 Å². The number of ether oxygens (including phenoxy) is 1. The molecule has 0 aromatic rings. The van der Waals surface area contributed by atoms with Crippen LogP contribution in [-0.2, 0) is 4.74 Å². The molecule has 1 aliphatic heterocycles. The molecule has 1 saturated heterocycles. The van der Waals surface area contributed by atoms with Crippen LogP contribution in [0.15, 0.2) is 0 Å². The molecule has 1 N–H and O–H groups in total. The normalized spacial score (nSPS) is 26.2. The topological polar surface area (TPSA) is 21.3 Å². The molecule has 1 unspecified atom stereocenters. The molecule has 0 radical (unpaired) electrons. The molecule has 0 spiro atoms.